The normalized spacial score (nSPS) is 10.3. The number of nitrogens with zero attached hydrogens (tertiary/aromatic N) is 1. The number of halogens is 1. The van der Waals surface area contributed by atoms with E-state index in [0.717, 1.165) is 0 Å². The van der Waals surface area contributed by atoms with Crippen LogP contribution in [0.15, 0.2) is 18.3 Å². The van der Waals surface area contributed by atoms with Crippen molar-refractivity contribution in [1.29, 1.82) is 0 Å². The molecule has 0 bridgehead atoms. The molecule has 1 heterocycles. The van der Waals surface area contributed by atoms with Crippen molar-refractivity contribution in [2.24, 2.45) is 5.92 Å². The molecular weight excluding hydrogens is 157 g/mol. The second-order valence-corrected chi connectivity index (χ2v) is 2.89. The number of aromatic nitrogens is 1. The third kappa shape index (κ3) is 1.87. The highest BCUT2D eigenvalue weighted by Crippen LogP contribution is 2.06. The van der Waals surface area contributed by atoms with E-state index in [1.807, 2.05) is 0 Å². The lowest BCUT2D eigenvalue weighted by atomic mass is 10.0. The monoisotopic (exact) mass is 167 g/mol. The third-order valence-corrected chi connectivity index (χ3v) is 1.54. The van der Waals surface area contributed by atoms with Crippen LogP contribution in [0.1, 0.15) is 24.2 Å². The van der Waals surface area contributed by atoms with Gasteiger partial charge in [-0.2, -0.15) is 4.39 Å². The minimum atomic E-state index is -0.560. The molecule has 12 heavy (non-hydrogen) atoms. The van der Waals surface area contributed by atoms with Gasteiger partial charge in [0.05, 0.1) is 0 Å². The largest absolute Gasteiger partial charge is 0.294 e. The number of ketones is 1. The molecule has 0 fully saturated rings. The van der Waals surface area contributed by atoms with Crippen LogP contribution in [0.25, 0.3) is 0 Å². The Labute approximate surface area is 70.4 Å². The Morgan fingerprint density at radius 2 is 2.17 bits per heavy atom. The zero-order valence-electron chi connectivity index (χ0n) is 7.04. The molecule has 0 atom stereocenters. The average Bonchev–Trinajstić information content (AvgIpc) is 2.04. The number of rotatable bonds is 2. The van der Waals surface area contributed by atoms with Crippen molar-refractivity contribution in [2.75, 3.05) is 0 Å². The molecule has 0 aromatic carbocycles. The van der Waals surface area contributed by atoms with Crippen LogP contribution in [0, 0.1) is 11.9 Å². The molecule has 0 unspecified atom stereocenters. The van der Waals surface area contributed by atoms with Crippen molar-refractivity contribution in [3.63, 3.8) is 0 Å². The van der Waals surface area contributed by atoms with Crippen LogP contribution in [0.2, 0.25) is 0 Å². The lowest BCUT2D eigenvalue weighted by Gasteiger charge is -2.01. The van der Waals surface area contributed by atoms with Gasteiger partial charge in [-0.3, -0.25) is 4.79 Å². The Hall–Kier alpha value is -1.25. The standard InChI is InChI=1S/C9H10FNO/c1-6(2)9(12)7-3-4-8(10)11-5-7/h3-6H,1-2H3. The van der Waals surface area contributed by atoms with Crippen molar-refractivity contribution in [3.8, 4) is 0 Å². The minimum Gasteiger partial charge on any atom is -0.294 e. The molecule has 1 aromatic heterocycles. The van der Waals surface area contributed by atoms with E-state index in [-0.39, 0.29) is 11.7 Å². The highest BCUT2D eigenvalue weighted by molar-refractivity contribution is 5.97. The summed E-state index contributed by atoms with van der Waals surface area (Å²) in [5.74, 6) is -0.643. The van der Waals surface area contributed by atoms with E-state index in [2.05, 4.69) is 4.98 Å². The smallest absolute Gasteiger partial charge is 0.212 e. The summed E-state index contributed by atoms with van der Waals surface area (Å²) in [6.07, 6.45) is 1.26. The predicted molar refractivity (Wildman–Crippen MR) is 43.4 cm³/mol. The number of carbonyl (C=O) groups is 1. The molecule has 0 aliphatic heterocycles. The van der Waals surface area contributed by atoms with Crippen LogP contribution in [0.4, 0.5) is 4.39 Å². The Bertz CT molecular complexity index is 279. The van der Waals surface area contributed by atoms with Gasteiger partial charge in [0.1, 0.15) is 0 Å². The third-order valence-electron chi connectivity index (χ3n) is 1.54. The molecule has 0 amide bonds. The maximum absolute atomic E-state index is 12.3. The summed E-state index contributed by atoms with van der Waals surface area (Å²) in [7, 11) is 0. The van der Waals surface area contributed by atoms with Crippen molar-refractivity contribution in [2.45, 2.75) is 13.8 Å². The van der Waals surface area contributed by atoms with Gasteiger partial charge >= 0.3 is 0 Å². The molecule has 0 saturated heterocycles. The Balaban J connectivity index is 2.90. The summed E-state index contributed by atoms with van der Waals surface area (Å²) in [6, 6.07) is 2.64. The number of Topliss-reactive ketones (excluding diaryl/α,β-unsaturated/α-hetero) is 1. The van der Waals surface area contributed by atoms with E-state index in [1.165, 1.54) is 18.3 Å². The molecule has 3 heteroatoms. The average molecular weight is 167 g/mol. The zero-order valence-corrected chi connectivity index (χ0v) is 7.04. The van der Waals surface area contributed by atoms with Crippen molar-refractivity contribution < 1.29 is 9.18 Å². The van der Waals surface area contributed by atoms with Gasteiger partial charge in [0.2, 0.25) is 5.95 Å². The SMILES string of the molecule is CC(C)C(=O)c1ccc(F)nc1. The molecule has 0 aliphatic rings. The molecular formula is C9H10FNO. The molecule has 0 radical (unpaired) electrons. The van der Waals surface area contributed by atoms with Crippen LogP contribution in [0.3, 0.4) is 0 Å². The van der Waals surface area contributed by atoms with Crippen LogP contribution >= 0.6 is 0 Å². The van der Waals surface area contributed by atoms with E-state index >= 15 is 0 Å². The van der Waals surface area contributed by atoms with E-state index in [9.17, 15) is 9.18 Å². The van der Waals surface area contributed by atoms with Gasteiger partial charge in [-0.15, -0.1) is 0 Å². The molecule has 1 rings (SSSR count). The fraction of sp³-hybridized carbons (Fsp3) is 0.333. The second kappa shape index (κ2) is 3.43. The quantitative estimate of drug-likeness (QED) is 0.498. The van der Waals surface area contributed by atoms with E-state index in [0.29, 0.717) is 5.56 Å². The maximum atomic E-state index is 12.3. The first-order chi connectivity index (χ1) is 5.61. The molecule has 0 aliphatic carbocycles. The van der Waals surface area contributed by atoms with E-state index in [1.54, 1.807) is 13.8 Å². The fourth-order valence-electron chi connectivity index (χ4n) is 0.855. The van der Waals surface area contributed by atoms with Crippen LogP contribution in [-0.4, -0.2) is 10.8 Å². The van der Waals surface area contributed by atoms with Gasteiger partial charge in [0.15, 0.2) is 5.78 Å². The lowest BCUT2D eigenvalue weighted by molar-refractivity contribution is 0.0939. The molecule has 1 aromatic rings. The van der Waals surface area contributed by atoms with E-state index < -0.39 is 5.95 Å². The highest BCUT2D eigenvalue weighted by atomic mass is 19.1. The molecule has 0 saturated carbocycles. The number of carbonyl (C=O) groups excluding carboxylic acids is 1. The van der Waals surface area contributed by atoms with Gasteiger partial charge in [-0.05, 0) is 12.1 Å². The lowest BCUT2D eigenvalue weighted by Crippen LogP contribution is -2.07. The summed E-state index contributed by atoms with van der Waals surface area (Å²) < 4.78 is 12.3. The summed E-state index contributed by atoms with van der Waals surface area (Å²) in [5, 5.41) is 0. The van der Waals surface area contributed by atoms with Crippen molar-refractivity contribution >= 4 is 5.78 Å². The molecule has 64 valence electrons. The van der Waals surface area contributed by atoms with Gasteiger partial charge in [-0.25, -0.2) is 4.98 Å². The first-order valence-electron chi connectivity index (χ1n) is 3.77. The van der Waals surface area contributed by atoms with Crippen molar-refractivity contribution in [3.05, 3.63) is 29.8 Å². The van der Waals surface area contributed by atoms with Gasteiger partial charge < -0.3 is 0 Å². The number of pyridine rings is 1. The number of hydrogen-bond acceptors (Lipinski definition) is 2. The maximum Gasteiger partial charge on any atom is 0.212 e. The Morgan fingerprint density at radius 3 is 2.58 bits per heavy atom. The van der Waals surface area contributed by atoms with Crippen LogP contribution < -0.4 is 0 Å². The number of hydrogen-bond donors (Lipinski definition) is 0. The van der Waals surface area contributed by atoms with E-state index in [4.69, 9.17) is 0 Å². The summed E-state index contributed by atoms with van der Waals surface area (Å²) in [4.78, 5) is 14.7. The molecule has 0 N–H and O–H groups in total. The van der Waals surface area contributed by atoms with Crippen molar-refractivity contribution in [1.82, 2.24) is 4.98 Å². The topological polar surface area (TPSA) is 30.0 Å². The fourth-order valence-corrected chi connectivity index (χ4v) is 0.855. The van der Waals surface area contributed by atoms with Crippen LogP contribution in [0.5, 0.6) is 0 Å². The Kier molecular flexibility index (Phi) is 2.53. The Morgan fingerprint density at radius 1 is 1.50 bits per heavy atom. The predicted octanol–water partition coefficient (Wildman–Crippen LogP) is 2.06. The first kappa shape index (κ1) is 8.84. The van der Waals surface area contributed by atoms with Gasteiger partial charge in [-0.1, -0.05) is 13.8 Å². The summed E-state index contributed by atoms with van der Waals surface area (Å²) in [6.45, 7) is 3.59. The minimum absolute atomic E-state index is 0.0116. The first-order valence-corrected chi connectivity index (χ1v) is 3.77. The van der Waals surface area contributed by atoms with Gasteiger partial charge in [0, 0.05) is 17.7 Å². The molecule has 2 nitrogen and oxygen atoms in total. The molecule has 0 spiro atoms. The highest BCUT2D eigenvalue weighted by Gasteiger charge is 2.09. The second-order valence-electron chi connectivity index (χ2n) is 2.89. The zero-order chi connectivity index (χ0) is 9.14. The van der Waals surface area contributed by atoms with Gasteiger partial charge in [0.25, 0.3) is 0 Å². The summed E-state index contributed by atoms with van der Waals surface area (Å²) >= 11 is 0. The summed E-state index contributed by atoms with van der Waals surface area (Å²) in [5.41, 5.74) is 0.464. The van der Waals surface area contributed by atoms with Crippen LogP contribution in [-0.2, 0) is 0 Å².